The number of ether oxygens (including phenoxy) is 1. The van der Waals surface area contributed by atoms with Crippen molar-refractivity contribution < 1.29 is 9.53 Å². The number of nitrogens with one attached hydrogen (secondary N) is 2. The van der Waals surface area contributed by atoms with Gasteiger partial charge in [0, 0.05) is 17.8 Å². The number of aliphatic imine (C=N–C) groups is 1. The second-order valence-corrected chi connectivity index (χ2v) is 4.75. The fraction of sp³-hybridized carbons (Fsp3) is 0.176. The number of anilines is 1. The number of methoxy groups -OCH3 is 1. The maximum Gasteiger partial charge on any atom is 0.251 e. The van der Waals surface area contributed by atoms with Gasteiger partial charge in [0.2, 0.25) is 0 Å². The van der Waals surface area contributed by atoms with Crippen LogP contribution in [0.5, 0.6) is 5.75 Å². The molecule has 2 aromatic rings. The zero-order valence-electron chi connectivity index (χ0n) is 13.0. The molecule has 23 heavy (non-hydrogen) atoms. The summed E-state index contributed by atoms with van der Waals surface area (Å²) in [6, 6.07) is 16.5. The number of rotatable bonds is 6. The molecule has 1 amide bonds. The van der Waals surface area contributed by atoms with Gasteiger partial charge in [-0.15, -0.1) is 0 Å². The lowest BCUT2D eigenvalue weighted by Gasteiger charge is -2.07. The average molecular weight is 312 g/mol. The largest absolute Gasteiger partial charge is 0.497 e. The lowest BCUT2D eigenvalue weighted by molar-refractivity contribution is 0.0954. The number of carbonyl (C=O) groups excluding carboxylic acids is 1. The maximum absolute atomic E-state index is 12.0. The summed E-state index contributed by atoms with van der Waals surface area (Å²) in [5.41, 5.74) is 7.20. The first-order valence-corrected chi connectivity index (χ1v) is 7.23. The lowest BCUT2D eigenvalue weighted by Crippen LogP contribution is -2.28. The summed E-state index contributed by atoms with van der Waals surface area (Å²) in [5.74, 6) is 0.785. The van der Waals surface area contributed by atoms with Gasteiger partial charge in [-0.2, -0.15) is 0 Å². The van der Waals surface area contributed by atoms with E-state index in [9.17, 15) is 4.79 Å². The number of guanidine groups is 1. The van der Waals surface area contributed by atoms with Crippen molar-refractivity contribution in [2.75, 3.05) is 25.5 Å². The third-order valence-electron chi connectivity index (χ3n) is 3.06. The van der Waals surface area contributed by atoms with Crippen LogP contribution in [-0.2, 0) is 0 Å². The lowest BCUT2D eigenvalue weighted by atomic mass is 10.2. The van der Waals surface area contributed by atoms with E-state index in [-0.39, 0.29) is 5.91 Å². The highest BCUT2D eigenvalue weighted by Gasteiger charge is 2.05. The molecular formula is C17H20N4O2. The Bertz CT molecular complexity index is 671. The Morgan fingerprint density at radius 3 is 2.70 bits per heavy atom. The topological polar surface area (TPSA) is 88.7 Å². The highest BCUT2D eigenvalue weighted by Crippen LogP contribution is 2.12. The molecule has 0 fully saturated rings. The Hall–Kier alpha value is -3.02. The van der Waals surface area contributed by atoms with Crippen LogP contribution in [0.1, 0.15) is 10.4 Å². The average Bonchev–Trinajstić information content (AvgIpc) is 2.59. The number of nitrogens with two attached hydrogens (primary N) is 1. The third kappa shape index (κ3) is 5.35. The van der Waals surface area contributed by atoms with Gasteiger partial charge in [-0.1, -0.05) is 24.3 Å². The van der Waals surface area contributed by atoms with Gasteiger partial charge in [-0.3, -0.25) is 9.79 Å². The van der Waals surface area contributed by atoms with E-state index in [4.69, 9.17) is 10.5 Å². The number of benzene rings is 2. The Labute approximate surface area is 135 Å². The third-order valence-corrected chi connectivity index (χ3v) is 3.06. The molecule has 0 heterocycles. The number of hydrogen-bond donors (Lipinski definition) is 3. The number of hydrogen-bond acceptors (Lipinski definition) is 3. The maximum atomic E-state index is 12.0. The van der Waals surface area contributed by atoms with Crippen LogP contribution in [-0.4, -0.2) is 32.1 Å². The minimum absolute atomic E-state index is 0.173. The smallest absolute Gasteiger partial charge is 0.251 e. The van der Waals surface area contributed by atoms with E-state index in [1.165, 1.54) is 0 Å². The van der Waals surface area contributed by atoms with Crippen LogP contribution in [0.2, 0.25) is 0 Å². The molecule has 0 saturated carbocycles. The molecule has 0 aromatic heterocycles. The van der Waals surface area contributed by atoms with Crippen LogP contribution in [0.15, 0.2) is 59.6 Å². The van der Waals surface area contributed by atoms with Gasteiger partial charge in [0.1, 0.15) is 5.75 Å². The van der Waals surface area contributed by atoms with Gasteiger partial charge in [-0.05, 0) is 30.3 Å². The fourth-order valence-electron chi connectivity index (χ4n) is 1.92. The SMILES string of the molecule is COc1cccc(C(=O)NCCN=C(N)Nc2ccccc2)c1. The van der Waals surface area contributed by atoms with Crippen molar-refractivity contribution in [2.45, 2.75) is 0 Å². The van der Waals surface area contributed by atoms with Gasteiger partial charge < -0.3 is 21.1 Å². The van der Waals surface area contributed by atoms with E-state index < -0.39 is 0 Å². The summed E-state index contributed by atoms with van der Waals surface area (Å²) in [6.45, 7) is 0.786. The Morgan fingerprint density at radius 2 is 1.96 bits per heavy atom. The van der Waals surface area contributed by atoms with Crippen LogP contribution in [0.3, 0.4) is 0 Å². The molecule has 6 heteroatoms. The summed E-state index contributed by atoms with van der Waals surface area (Å²) in [7, 11) is 1.56. The van der Waals surface area contributed by atoms with Gasteiger partial charge >= 0.3 is 0 Å². The Kier molecular flexibility index (Phi) is 5.99. The Morgan fingerprint density at radius 1 is 1.17 bits per heavy atom. The minimum Gasteiger partial charge on any atom is -0.497 e. The molecule has 0 saturated heterocycles. The summed E-state index contributed by atoms with van der Waals surface area (Å²) < 4.78 is 5.09. The monoisotopic (exact) mass is 312 g/mol. The first kappa shape index (κ1) is 16.4. The van der Waals surface area contributed by atoms with E-state index in [1.54, 1.807) is 31.4 Å². The van der Waals surface area contributed by atoms with Crippen molar-refractivity contribution in [1.82, 2.24) is 5.32 Å². The fourth-order valence-corrected chi connectivity index (χ4v) is 1.92. The quantitative estimate of drug-likeness (QED) is 0.431. The van der Waals surface area contributed by atoms with Gasteiger partial charge in [0.25, 0.3) is 5.91 Å². The molecule has 0 atom stereocenters. The van der Waals surface area contributed by atoms with E-state index in [0.717, 1.165) is 5.69 Å². The highest BCUT2D eigenvalue weighted by molar-refractivity contribution is 5.94. The van der Waals surface area contributed by atoms with Crippen molar-refractivity contribution in [3.05, 3.63) is 60.2 Å². The van der Waals surface area contributed by atoms with E-state index in [2.05, 4.69) is 15.6 Å². The minimum atomic E-state index is -0.173. The van der Waals surface area contributed by atoms with Crippen molar-refractivity contribution in [1.29, 1.82) is 0 Å². The molecule has 120 valence electrons. The molecule has 0 radical (unpaired) electrons. The molecule has 0 spiro atoms. The number of para-hydroxylation sites is 1. The summed E-state index contributed by atoms with van der Waals surface area (Å²) >= 11 is 0. The van der Waals surface area contributed by atoms with Crippen LogP contribution in [0.4, 0.5) is 5.69 Å². The standard InChI is InChI=1S/C17H20N4O2/c1-23-15-9-5-6-13(12-15)16(22)19-10-11-20-17(18)21-14-7-3-2-4-8-14/h2-9,12H,10-11H2,1H3,(H,19,22)(H3,18,20,21). The molecule has 0 aliphatic carbocycles. The van der Waals surface area contributed by atoms with Crippen molar-refractivity contribution in [3.8, 4) is 5.75 Å². The predicted octanol–water partition coefficient (Wildman–Crippen LogP) is 1.85. The summed E-state index contributed by atoms with van der Waals surface area (Å²) in [5, 5.41) is 5.76. The van der Waals surface area contributed by atoms with Gasteiger partial charge in [0.05, 0.1) is 13.7 Å². The van der Waals surface area contributed by atoms with Crippen molar-refractivity contribution in [2.24, 2.45) is 10.7 Å². The first-order valence-electron chi connectivity index (χ1n) is 7.23. The van der Waals surface area contributed by atoms with E-state index in [1.807, 2.05) is 30.3 Å². The molecule has 0 aliphatic heterocycles. The molecule has 2 rings (SSSR count). The summed E-state index contributed by atoms with van der Waals surface area (Å²) in [6.07, 6.45) is 0. The highest BCUT2D eigenvalue weighted by atomic mass is 16.5. The molecule has 0 bridgehead atoms. The Balaban J connectivity index is 1.77. The molecule has 4 N–H and O–H groups in total. The normalized spacial score (nSPS) is 10.9. The second kappa shape index (κ2) is 8.43. The predicted molar refractivity (Wildman–Crippen MR) is 91.9 cm³/mol. The van der Waals surface area contributed by atoms with Crippen molar-refractivity contribution in [3.63, 3.8) is 0 Å². The molecule has 2 aromatic carbocycles. The van der Waals surface area contributed by atoms with Crippen LogP contribution >= 0.6 is 0 Å². The molecule has 0 aliphatic rings. The molecule has 6 nitrogen and oxygen atoms in total. The van der Waals surface area contributed by atoms with Crippen LogP contribution in [0, 0.1) is 0 Å². The summed E-state index contributed by atoms with van der Waals surface area (Å²) in [4.78, 5) is 16.1. The number of nitrogens with zero attached hydrogens (tertiary/aromatic N) is 1. The zero-order chi connectivity index (χ0) is 16.5. The number of amides is 1. The van der Waals surface area contributed by atoms with Crippen molar-refractivity contribution >= 4 is 17.6 Å². The second-order valence-electron chi connectivity index (χ2n) is 4.75. The van der Waals surface area contributed by atoms with E-state index in [0.29, 0.717) is 30.4 Å². The first-order chi connectivity index (χ1) is 11.2. The zero-order valence-corrected chi connectivity index (χ0v) is 13.0. The molecule has 0 unspecified atom stereocenters. The van der Waals surface area contributed by atoms with Crippen LogP contribution in [0.25, 0.3) is 0 Å². The van der Waals surface area contributed by atoms with Crippen LogP contribution < -0.4 is 21.1 Å². The van der Waals surface area contributed by atoms with Gasteiger partial charge in [-0.25, -0.2) is 0 Å². The van der Waals surface area contributed by atoms with E-state index >= 15 is 0 Å². The molecular weight excluding hydrogens is 292 g/mol. The van der Waals surface area contributed by atoms with Gasteiger partial charge in [0.15, 0.2) is 5.96 Å². The number of carbonyl (C=O) groups is 1.